The molecule has 1 unspecified atom stereocenters. The van der Waals surface area contributed by atoms with E-state index in [2.05, 4.69) is 6.07 Å². The second-order valence-corrected chi connectivity index (χ2v) is 10.4. The number of piperazine rings is 1. The zero-order valence-electron chi connectivity index (χ0n) is 19.9. The van der Waals surface area contributed by atoms with Gasteiger partial charge in [0.2, 0.25) is 11.8 Å². The minimum atomic E-state index is -0.734. The number of amides is 3. The second-order valence-electron chi connectivity index (χ2n) is 10.4. The van der Waals surface area contributed by atoms with Crippen LogP contribution in [0.25, 0.3) is 0 Å². The first-order valence-corrected chi connectivity index (χ1v) is 12.1. The number of benzene rings is 1. The van der Waals surface area contributed by atoms with Crippen molar-refractivity contribution >= 4 is 17.7 Å². The summed E-state index contributed by atoms with van der Waals surface area (Å²) >= 11 is 0. The fraction of sp³-hybridized carbons (Fsp3) is 0.600. The van der Waals surface area contributed by atoms with Crippen molar-refractivity contribution in [2.45, 2.75) is 62.4 Å². The van der Waals surface area contributed by atoms with Crippen LogP contribution < -0.4 is 5.73 Å². The van der Waals surface area contributed by atoms with E-state index >= 15 is 0 Å². The van der Waals surface area contributed by atoms with Crippen LogP contribution in [0, 0.1) is 17.2 Å². The number of hydrogen-bond acceptors (Lipinski definition) is 6. The molecular formula is C25H32N6O3. The Balaban J connectivity index is 1.24. The lowest BCUT2D eigenvalue weighted by atomic mass is 10.0. The number of nitrogens with zero attached hydrogens (tertiary/aromatic N) is 5. The molecule has 0 radical (unpaired) electrons. The minimum absolute atomic E-state index is 0.0473. The van der Waals surface area contributed by atoms with Crippen LogP contribution in [0.3, 0.4) is 0 Å². The molecule has 34 heavy (non-hydrogen) atoms. The third-order valence-electron chi connectivity index (χ3n) is 8.01. The standard InChI is InChI=1S/C25H32N6O3/c1-14(15-5-4-6-16(7-15)23(32)28(2)3)30-19-10-22(25(30)34)29(12-19)13-20(27)24(33)31-18(11-26)8-17-9-21(17)31/h4-7,14,17-22H,8-10,12-13,27H2,1-3H3/t14-,17+,18-,19-,20-,21?,22-/m0/s1. The molecule has 1 saturated carbocycles. The maximum absolute atomic E-state index is 13.3. The molecule has 5 rings (SSSR count). The summed E-state index contributed by atoms with van der Waals surface area (Å²) in [5, 5.41) is 9.39. The normalized spacial score (nSPS) is 31.3. The van der Waals surface area contributed by atoms with Crippen LogP contribution >= 0.6 is 0 Å². The lowest BCUT2D eigenvalue weighted by Gasteiger charge is -2.38. The molecule has 3 amide bonds. The van der Waals surface area contributed by atoms with Crippen LogP contribution in [0.1, 0.15) is 48.1 Å². The van der Waals surface area contributed by atoms with Gasteiger partial charge in [-0.3, -0.25) is 19.3 Å². The molecule has 4 fully saturated rings. The summed E-state index contributed by atoms with van der Waals surface area (Å²) < 4.78 is 0. The molecule has 3 heterocycles. The summed E-state index contributed by atoms with van der Waals surface area (Å²) in [6, 6.07) is 8.39. The predicted octanol–water partition coefficient (Wildman–Crippen LogP) is 0.575. The SMILES string of the molecule is C[C@@H](c1cccc(C(=O)N(C)C)c1)N1C(=O)[C@@H]2C[C@H]1CN2C[C@H](N)C(=O)N1C2C[C@H]2C[C@H]1C#N. The number of nitrogens with two attached hydrogens (primary N) is 1. The van der Waals surface area contributed by atoms with Gasteiger partial charge in [-0.15, -0.1) is 0 Å². The van der Waals surface area contributed by atoms with E-state index in [0.717, 1.165) is 24.8 Å². The first kappa shape index (κ1) is 22.8. The van der Waals surface area contributed by atoms with Crippen molar-refractivity contribution in [3.63, 3.8) is 0 Å². The van der Waals surface area contributed by atoms with Crippen molar-refractivity contribution in [1.29, 1.82) is 5.26 Å². The first-order chi connectivity index (χ1) is 16.2. The van der Waals surface area contributed by atoms with Crippen LogP contribution in [-0.2, 0) is 9.59 Å². The van der Waals surface area contributed by atoms with Crippen molar-refractivity contribution in [2.24, 2.45) is 11.7 Å². The van der Waals surface area contributed by atoms with Gasteiger partial charge in [-0.1, -0.05) is 12.1 Å². The number of carbonyl (C=O) groups excluding carboxylic acids is 3. The van der Waals surface area contributed by atoms with E-state index in [1.165, 1.54) is 0 Å². The van der Waals surface area contributed by atoms with Crippen molar-refractivity contribution in [3.8, 4) is 6.07 Å². The van der Waals surface area contributed by atoms with Gasteiger partial charge in [-0.05, 0) is 49.8 Å². The third-order valence-corrected chi connectivity index (χ3v) is 8.01. The molecule has 2 N–H and O–H groups in total. The number of nitriles is 1. The minimum Gasteiger partial charge on any atom is -0.345 e. The molecule has 7 atom stereocenters. The van der Waals surface area contributed by atoms with Crippen molar-refractivity contribution < 1.29 is 14.4 Å². The monoisotopic (exact) mass is 464 g/mol. The van der Waals surface area contributed by atoms with Gasteiger partial charge < -0.3 is 20.4 Å². The fourth-order valence-electron chi connectivity index (χ4n) is 6.16. The Hall–Kier alpha value is -2.96. The van der Waals surface area contributed by atoms with Gasteiger partial charge in [0.1, 0.15) is 6.04 Å². The van der Waals surface area contributed by atoms with Gasteiger partial charge >= 0.3 is 0 Å². The zero-order valence-corrected chi connectivity index (χ0v) is 19.9. The van der Waals surface area contributed by atoms with E-state index in [-0.39, 0.29) is 47.9 Å². The molecule has 3 aliphatic heterocycles. The maximum Gasteiger partial charge on any atom is 0.253 e. The average molecular weight is 465 g/mol. The second kappa shape index (κ2) is 8.36. The molecule has 9 nitrogen and oxygen atoms in total. The topological polar surface area (TPSA) is 114 Å². The zero-order chi connectivity index (χ0) is 24.3. The molecule has 2 bridgehead atoms. The number of carbonyl (C=O) groups is 3. The molecule has 180 valence electrons. The van der Waals surface area contributed by atoms with E-state index in [1.54, 1.807) is 30.0 Å². The van der Waals surface area contributed by atoms with Crippen molar-refractivity contribution in [2.75, 3.05) is 27.2 Å². The fourth-order valence-corrected chi connectivity index (χ4v) is 6.16. The maximum atomic E-state index is 13.3. The summed E-state index contributed by atoms with van der Waals surface area (Å²) in [6.45, 7) is 3.00. The molecule has 3 saturated heterocycles. The highest BCUT2D eigenvalue weighted by Crippen LogP contribution is 2.48. The molecule has 1 aliphatic carbocycles. The molecule has 4 aliphatic rings. The number of hydrogen-bond donors (Lipinski definition) is 1. The highest BCUT2D eigenvalue weighted by Gasteiger charge is 2.56. The predicted molar refractivity (Wildman–Crippen MR) is 124 cm³/mol. The summed E-state index contributed by atoms with van der Waals surface area (Å²) in [6.07, 6.45) is 2.44. The Labute approximate surface area is 200 Å². The Kier molecular flexibility index (Phi) is 5.61. The average Bonchev–Trinajstić information content (AvgIpc) is 3.15. The van der Waals surface area contributed by atoms with E-state index < -0.39 is 6.04 Å². The molecule has 9 heteroatoms. The summed E-state index contributed by atoms with van der Waals surface area (Å²) in [5.41, 5.74) is 7.84. The van der Waals surface area contributed by atoms with Crippen LogP contribution in [0.4, 0.5) is 0 Å². The van der Waals surface area contributed by atoms with Gasteiger partial charge in [0.15, 0.2) is 0 Å². The van der Waals surface area contributed by atoms with Gasteiger partial charge in [-0.25, -0.2) is 0 Å². The lowest BCUT2D eigenvalue weighted by molar-refractivity contribution is -0.141. The van der Waals surface area contributed by atoms with E-state index in [0.29, 0.717) is 24.6 Å². The molecule has 1 aromatic carbocycles. The Morgan fingerprint density at radius 1 is 1.26 bits per heavy atom. The molecule has 0 aromatic heterocycles. The van der Waals surface area contributed by atoms with Crippen LogP contribution in [-0.4, -0.2) is 94.7 Å². The summed E-state index contributed by atoms with van der Waals surface area (Å²) in [7, 11) is 3.44. The largest absolute Gasteiger partial charge is 0.345 e. The molecule has 1 aromatic rings. The highest BCUT2D eigenvalue weighted by atomic mass is 16.2. The Morgan fingerprint density at radius 3 is 2.71 bits per heavy atom. The van der Waals surface area contributed by atoms with Gasteiger partial charge in [0, 0.05) is 44.8 Å². The van der Waals surface area contributed by atoms with Crippen LogP contribution in [0.15, 0.2) is 24.3 Å². The summed E-state index contributed by atoms with van der Waals surface area (Å²) in [4.78, 5) is 45.9. The summed E-state index contributed by atoms with van der Waals surface area (Å²) in [5.74, 6) is 0.263. The van der Waals surface area contributed by atoms with Crippen molar-refractivity contribution in [1.82, 2.24) is 19.6 Å². The lowest BCUT2D eigenvalue weighted by Crippen LogP contribution is -2.57. The van der Waals surface area contributed by atoms with Crippen LogP contribution in [0.2, 0.25) is 0 Å². The number of likely N-dealkylation sites (tertiary alicyclic amines) is 3. The Morgan fingerprint density at radius 2 is 2.03 bits per heavy atom. The van der Waals surface area contributed by atoms with E-state index in [4.69, 9.17) is 5.73 Å². The molecule has 0 spiro atoms. The molecular weight excluding hydrogens is 432 g/mol. The quantitative estimate of drug-likeness (QED) is 0.659. The highest BCUT2D eigenvalue weighted by molar-refractivity contribution is 5.94. The first-order valence-electron chi connectivity index (χ1n) is 12.1. The Bertz CT molecular complexity index is 1070. The van der Waals surface area contributed by atoms with Gasteiger partial charge in [-0.2, -0.15) is 5.26 Å². The van der Waals surface area contributed by atoms with E-state index in [9.17, 15) is 19.6 Å². The number of piperidine rings is 1. The number of fused-ring (bicyclic) bond motifs is 3. The van der Waals surface area contributed by atoms with Crippen LogP contribution in [0.5, 0.6) is 0 Å². The smallest absolute Gasteiger partial charge is 0.253 e. The van der Waals surface area contributed by atoms with Crippen molar-refractivity contribution in [3.05, 3.63) is 35.4 Å². The number of rotatable bonds is 6. The van der Waals surface area contributed by atoms with Gasteiger partial charge in [0.05, 0.1) is 24.2 Å². The van der Waals surface area contributed by atoms with Gasteiger partial charge in [0.25, 0.3) is 5.91 Å². The third kappa shape index (κ3) is 3.65. The van der Waals surface area contributed by atoms with E-state index in [1.807, 2.05) is 34.9 Å².